The van der Waals surface area contributed by atoms with Crippen molar-refractivity contribution in [1.29, 1.82) is 0 Å². The average molecular weight is 538 g/mol. The largest absolute Gasteiger partial charge is 0.387 e. The van der Waals surface area contributed by atoms with Gasteiger partial charge in [-0.15, -0.1) is 0 Å². The van der Waals surface area contributed by atoms with E-state index in [2.05, 4.69) is 70.3 Å². The van der Waals surface area contributed by atoms with Crippen molar-refractivity contribution in [3.8, 4) is 0 Å². The fourth-order valence-electron chi connectivity index (χ4n) is 4.92. The first kappa shape index (κ1) is 32.7. The number of fused-ring (bicyclic) bond motifs is 1. The van der Waals surface area contributed by atoms with Crippen LogP contribution in [0.4, 0.5) is 5.69 Å². The zero-order valence-corrected chi connectivity index (χ0v) is 25.7. The lowest BCUT2D eigenvalue weighted by atomic mass is 9.95. The van der Waals surface area contributed by atoms with Crippen LogP contribution in [-0.4, -0.2) is 71.8 Å². The van der Waals surface area contributed by atoms with E-state index < -0.39 is 0 Å². The van der Waals surface area contributed by atoms with Gasteiger partial charge in [0.15, 0.2) is 5.65 Å². The molecule has 0 amide bonds. The van der Waals surface area contributed by atoms with E-state index in [1.807, 2.05) is 62.8 Å². The van der Waals surface area contributed by atoms with Gasteiger partial charge in [0, 0.05) is 51.7 Å². The molecule has 7 heteroatoms. The number of hydrogen-bond donors (Lipinski definition) is 3. The molecule has 2 unspecified atom stereocenters. The number of nitrogens with zero attached hydrogens (tertiary/aromatic N) is 4. The van der Waals surface area contributed by atoms with Crippen LogP contribution in [0.3, 0.4) is 0 Å². The van der Waals surface area contributed by atoms with Crippen molar-refractivity contribution < 1.29 is 0 Å². The van der Waals surface area contributed by atoms with Crippen molar-refractivity contribution in [1.82, 2.24) is 30.1 Å². The van der Waals surface area contributed by atoms with E-state index in [0.29, 0.717) is 12.1 Å². The third-order valence-corrected chi connectivity index (χ3v) is 7.29. The van der Waals surface area contributed by atoms with Gasteiger partial charge in [-0.05, 0) is 53.3 Å². The summed E-state index contributed by atoms with van der Waals surface area (Å²) in [4.78, 5) is 11.4. The highest BCUT2D eigenvalue weighted by Gasteiger charge is 2.14. The summed E-state index contributed by atoms with van der Waals surface area (Å²) in [6.07, 6.45) is 12.4. The van der Waals surface area contributed by atoms with Gasteiger partial charge in [0.25, 0.3) is 0 Å². The Hall–Kier alpha value is -2.48. The van der Waals surface area contributed by atoms with Crippen molar-refractivity contribution in [2.24, 2.45) is 7.05 Å². The van der Waals surface area contributed by atoms with Crippen LogP contribution in [0, 0.1) is 0 Å². The fraction of sp³-hybridized carbons (Fsp3) is 0.625. The molecule has 1 aliphatic carbocycles. The number of nitrogens with one attached hydrogen (secondary N) is 3. The standard InChI is InChI=1S/C12H18N4.C8H17N.C6H14N2.C6H6/c1-4-5-6-11-15-10-7-9(13-2)8-14-12(10)16(11)3;1-9(2)8-6-4-3-5-7-8;1-5-3-7-4-6(2)8-5;1-2-4-6-5-3-1/h7-8,13H,4-6H2,1-3H3;8H,3-7H2,1-2H3;5-8H,3-4H2,1-2H3;1-6H. The minimum Gasteiger partial charge on any atom is -0.387 e. The number of aromatic nitrogens is 3. The Morgan fingerprint density at radius 2 is 1.56 bits per heavy atom. The number of aryl methyl sites for hydroxylation is 2. The molecule has 0 radical (unpaired) electrons. The molecule has 0 spiro atoms. The lowest BCUT2D eigenvalue weighted by Crippen LogP contribution is -2.52. The molecule has 7 nitrogen and oxygen atoms in total. The first-order valence-corrected chi connectivity index (χ1v) is 15.0. The van der Waals surface area contributed by atoms with E-state index in [0.717, 1.165) is 48.2 Å². The highest BCUT2D eigenvalue weighted by Crippen LogP contribution is 2.20. The molecule has 1 aromatic carbocycles. The Morgan fingerprint density at radius 1 is 0.974 bits per heavy atom. The molecule has 2 aromatic heterocycles. The van der Waals surface area contributed by atoms with E-state index in [1.54, 1.807) is 0 Å². The molecule has 1 aliphatic heterocycles. The van der Waals surface area contributed by atoms with Crippen molar-refractivity contribution >= 4 is 16.9 Å². The van der Waals surface area contributed by atoms with Crippen molar-refractivity contribution in [3.63, 3.8) is 0 Å². The molecule has 3 N–H and O–H groups in total. The van der Waals surface area contributed by atoms with Crippen LogP contribution in [0.1, 0.15) is 71.5 Å². The number of pyridine rings is 1. The summed E-state index contributed by atoms with van der Waals surface area (Å²) in [6, 6.07) is 16.2. The summed E-state index contributed by atoms with van der Waals surface area (Å²) in [7, 11) is 8.31. The predicted octanol–water partition coefficient (Wildman–Crippen LogP) is 5.88. The maximum atomic E-state index is 4.62. The topological polar surface area (TPSA) is 70.0 Å². The van der Waals surface area contributed by atoms with Gasteiger partial charge < -0.3 is 25.4 Å². The van der Waals surface area contributed by atoms with Crippen LogP contribution in [0.15, 0.2) is 48.7 Å². The van der Waals surface area contributed by atoms with E-state index in [1.165, 1.54) is 44.9 Å². The minimum atomic E-state index is 0.652. The van der Waals surface area contributed by atoms with Gasteiger partial charge in [-0.3, -0.25) is 0 Å². The van der Waals surface area contributed by atoms with Gasteiger partial charge in [-0.25, -0.2) is 9.97 Å². The number of anilines is 1. The second-order valence-electron chi connectivity index (χ2n) is 11.0. The fourth-order valence-corrected chi connectivity index (χ4v) is 4.92. The second-order valence-corrected chi connectivity index (χ2v) is 11.0. The summed E-state index contributed by atoms with van der Waals surface area (Å²) in [6.45, 7) is 8.82. The van der Waals surface area contributed by atoms with Gasteiger partial charge in [0.1, 0.15) is 11.3 Å². The molecule has 218 valence electrons. The Labute approximate surface area is 238 Å². The van der Waals surface area contributed by atoms with Crippen molar-refractivity contribution in [2.75, 3.05) is 39.5 Å². The molecule has 0 bridgehead atoms. The zero-order valence-electron chi connectivity index (χ0n) is 25.7. The number of benzene rings is 1. The molecule has 5 rings (SSSR count). The molecule has 3 heterocycles. The van der Waals surface area contributed by atoms with E-state index in [9.17, 15) is 0 Å². The molecule has 3 aromatic rings. The van der Waals surface area contributed by atoms with Crippen molar-refractivity contribution in [3.05, 3.63) is 54.5 Å². The summed E-state index contributed by atoms with van der Waals surface area (Å²) in [5.41, 5.74) is 2.94. The maximum absolute atomic E-state index is 4.62. The molecule has 2 fully saturated rings. The van der Waals surface area contributed by atoms with Crippen LogP contribution < -0.4 is 16.0 Å². The smallest absolute Gasteiger partial charge is 0.159 e. The number of unbranched alkanes of at least 4 members (excludes halogenated alkanes) is 1. The number of hydrogen-bond acceptors (Lipinski definition) is 6. The Morgan fingerprint density at radius 3 is 2.00 bits per heavy atom. The Bertz CT molecular complexity index is 977. The van der Waals surface area contributed by atoms with E-state index in [-0.39, 0.29) is 0 Å². The molecular formula is C32H55N7. The molecule has 1 saturated carbocycles. The summed E-state index contributed by atoms with van der Waals surface area (Å²) < 4.78 is 2.09. The van der Waals surface area contributed by atoms with Crippen LogP contribution in [-0.2, 0) is 13.5 Å². The van der Waals surface area contributed by atoms with E-state index in [4.69, 9.17) is 0 Å². The third-order valence-electron chi connectivity index (χ3n) is 7.29. The lowest BCUT2D eigenvalue weighted by Gasteiger charge is -2.27. The van der Waals surface area contributed by atoms with E-state index >= 15 is 0 Å². The third kappa shape index (κ3) is 12.5. The minimum absolute atomic E-state index is 0.652. The maximum Gasteiger partial charge on any atom is 0.159 e. The SMILES string of the molecule is CC1CNCC(C)N1.CCCCc1nc2cc(NC)cnc2n1C.CN(C)C1CCCCC1.c1ccccc1. The predicted molar refractivity (Wildman–Crippen MR) is 169 cm³/mol. The lowest BCUT2D eigenvalue weighted by molar-refractivity contribution is 0.229. The number of rotatable bonds is 5. The summed E-state index contributed by atoms with van der Waals surface area (Å²) in [5, 5.41) is 9.82. The summed E-state index contributed by atoms with van der Waals surface area (Å²) >= 11 is 0. The second kappa shape index (κ2) is 18.7. The zero-order chi connectivity index (χ0) is 28.5. The van der Waals surface area contributed by atoms with Crippen LogP contribution >= 0.6 is 0 Å². The number of piperazine rings is 1. The summed E-state index contributed by atoms with van der Waals surface area (Å²) in [5.74, 6) is 1.12. The highest BCUT2D eigenvalue weighted by atomic mass is 15.1. The Balaban J connectivity index is 0.000000197. The van der Waals surface area contributed by atoms with Gasteiger partial charge in [-0.2, -0.15) is 0 Å². The quantitative estimate of drug-likeness (QED) is 0.378. The van der Waals surface area contributed by atoms with Gasteiger partial charge in [0.05, 0.1) is 11.9 Å². The van der Waals surface area contributed by atoms with Crippen LogP contribution in [0.2, 0.25) is 0 Å². The average Bonchev–Trinajstić information content (AvgIpc) is 3.28. The normalized spacial score (nSPS) is 19.2. The highest BCUT2D eigenvalue weighted by molar-refractivity contribution is 5.75. The van der Waals surface area contributed by atoms with Gasteiger partial charge >= 0.3 is 0 Å². The van der Waals surface area contributed by atoms with Gasteiger partial charge in [0.2, 0.25) is 0 Å². The molecular weight excluding hydrogens is 482 g/mol. The first-order chi connectivity index (χ1) is 18.8. The van der Waals surface area contributed by atoms with Crippen LogP contribution in [0.25, 0.3) is 11.2 Å². The Kier molecular flexibility index (Phi) is 15.7. The molecule has 1 saturated heterocycles. The molecule has 2 aliphatic rings. The molecule has 39 heavy (non-hydrogen) atoms. The van der Waals surface area contributed by atoms with Gasteiger partial charge in [-0.1, -0.05) is 69.0 Å². The monoisotopic (exact) mass is 537 g/mol. The first-order valence-electron chi connectivity index (χ1n) is 15.0. The number of imidazole rings is 1. The molecule has 2 atom stereocenters. The van der Waals surface area contributed by atoms with Crippen LogP contribution in [0.5, 0.6) is 0 Å². The van der Waals surface area contributed by atoms with Crippen molar-refractivity contribution in [2.45, 2.75) is 90.3 Å².